The van der Waals surface area contributed by atoms with Crippen LogP contribution in [0.25, 0.3) is 11.5 Å². The van der Waals surface area contributed by atoms with Gasteiger partial charge in [0.05, 0.1) is 10.4 Å². The van der Waals surface area contributed by atoms with Crippen molar-refractivity contribution in [3.05, 3.63) is 30.1 Å². The van der Waals surface area contributed by atoms with Gasteiger partial charge in [-0.3, -0.25) is 0 Å². The zero-order valence-corrected chi connectivity index (χ0v) is 11.9. The van der Waals surface area contributed by atoms with Crippen LogP contribution < -0.4 is 5.73 Å². The molecule has 0 aliphatic heterocycles. The minimum Gasteiger partial charge on any atom is -0.334 e. The van der Waals surface area contributed by atoms with E-state index in [1.807, 2.05) is 0 Å². The minimum absolute atomic E-state index is 0.223. The highest BCUT2D eigenvalue weighted by Gasteiger charge is 2.39. The van der Waals surface area contributed by atoms with Gasteiger partial charge in [0, 0.05) is 11.8 Å². The first-order valence-corrected chi connectivity index (χ1v) is 8.21. The molecule has 106 valence electrons. The molecule has 0 amide bonds. The molecule has 6 nitrogen and oxygen atoms in total. The normalized spacial score (nSPS) is 17.7. The Labute approximate surface area is 116 Å². The zero-order chi connectivity index (χ0) is 14.4. The van der Waals surface area contributed by atoms with Crippen LogP contribution in [-0.2, 0) is 15.4 Å². The molecule has 2 aromatic rings. The molecule has 0 radical (unpaired) electrons. The molecule has 7 heteroatoms. The van der Waals surface area contributed by atoms with E-state index in [1.165, 1.54) is 12.1 Å². The number of benzene rings is 1. The Morgan fingerprint density at radius 1 is 1.35 bits per heavy atom. The Bertz CT molecular complexity index is 748. The highest BCUT2D eigenvalue weighted by atomic mass is 32.2. The van der Waals surface area contributed by atoms with Crippen LogP contribution in [0.5, 0.6) is 0 Å². The van der Waals surface area contributed by atoms with Gasteiger partial charge < -0.3 is 10.3 Å². The summed E-state index contributed by atoms with van der Waals surface area (Å²) in [5.74, 6) is 0.783. The Morgan fingerprint density at radius 3 is 2.70 bits per heavy atom. The van der Waals surface area contributed by atoms with Gasteiger partial charge in [0.15, 0.2) is 15.7 Å². The summed E-state index contributed by atoms with van der Waals surface area (Å²) in [6, 6.07) is 6.44. The minimum atomic E-state index is -3.26. The standard InChI is InChI=1S/C13H15N3O3S/c1-20(17,18)10-5-2-4-9(8-10)11-15-12(16-19-11)13(14)6-3-7-13/h2,4-5,8H,3,6-7,14H2,1H3. The molecule has 1 heterocycles. The van der Waals surface area contributed by atoms with Gasteiger partial charge in [0.25, 0.3) is 5.89 Å². The summed E-state index contributed by atoms with van der Waals surface area (Å²) in [5.41, 5.74) is 6.22. The monoisotopic (exact) mass is 293 g/mol. The third-order valence-electron chi connectivity index (χ3n) is 3.63. The first kappa shape index (κ1) is 13.3. The Kier molecular flexibility index (Phi) is 2.91. The summed E-state index contributed by atoms with van der Waals surface area (Å²) in [4.78, 5) is 4.52. The van der Waals surface area contributed by atoms with Crippen LogP contribution >= 0.6 is 0 Å². The smallest absolute Gasteiger partial charge is 0.258 e. The van der Waals surface area contributed by atoms with E-state index in [4.69, 9.17) is 10.3 Å². The molecule has 0 saturated heterocycles. The predicted octanol–water partition coefficient (Wildman–Crippen LogP) is 1.48. The molecule has 20 heavy (non-hydrogen) atoms. The third-order valence-corrected chi connectivity index (χ3v) is 4.74. The number of sulfone groups is 1. The van der Waals surface area contributed by atoms with Gasteiger partial charge in [0.1, 0.15) is 0 Å². The van der Waals surface area contributed by atoms with Crippen LogP contribution in [0.15, 0.2) is 33.7 Å². The maximum absolute atomic E-state index is 11.5. The lowest BCUT2D eigenvalue weighted by Crippen LogP contribution is -2.44. The number of nitrogens with zero attached hydrogens (tertiary/aromatic N) is 2. The Morgan fingerprint density at radius 2 is 2.10 bits per heavy atom. The molecule has 0 bridgehead atoms. The van der Waals surface area contributed by atoms with Gasteiger partial charge >= 0.3 is 0 Å². The van der Waals surface area contributed by atoms with E-state index in [9.17, 15) is 8.42 Å². The lowest BCUT2D eigenvalue weighted by molar-refractivity contribution is 0.229. The van der Waals surface area contributed by atoms with E-state index in [2.05, 4.69) is 10.1 Å². The second kappa shape index (κ2) is 4.39. The number of rotatable bonds is 3. The number of nitrogens with two attached hydrogens (primary N) is 1. The van der Waals surface area contributed by atoms with Crippen LogP contribution in [0.4, 0.5) is 0 Å². The van der Waals surface area contributed by atoms with Crippen molar-refractivity contribution in [1.29, 1.82) is 0 Å². The summed E-state index contributed by atoms with van der Waals surface area (Å²) < 4.78 is 28.3. The number of hydrogen-bond acceptors (Lipinski definition) is 6. The molecule has 3 rings (SSSR count). The van der Waals surface area contributed by atoms with Crippen molar-refractivity contribution in [2.45, 2.75) is 29.7 Å². The van der Waals surface area contributed by atoms with Gasteiger partial charge in [-0.2, -0.15) is 4.98 Å². The van der Waals surface area contributed by atoms with Crippen LogP contribution in [0.2, 0.25) is 0 Å². The Balaban J connectivity index is 1.98. The maximum atomic E-state index is 11.5. The van der Waals surface area contributed by atoms with Gasteiger partial charge in [0.2, 0.25) is 0 Å². The average Bonchev–Trinajstić information content (AvgIpc) is 2.85. The molecular formula is C13H15N3O3S. The summed E-state index contributed by atoms with van der Waals surface area (Å²) in [7, 11) is -3.26. The summed E-state index contributed by atoms with van der Waals surface area (Å²) in [6.45, 7) is 0. The summed E-state index contributed by atoms with van der Waals surface area (Å²) in [6.07, 6.45) is 3.91. The SMILES string of the molecule is CS(=O)(=O)c1cccc(-c2nc(C3(N)CCC3)no2)c1. The molecule has 0 spiro atoms. The predicted molar refractivity (Wildman–Crippen MR) is 72.6 cm³/mol. The molecule has 1 aliphatic rings. The quantitative estimate of drug-likeness (QED) is 0.920. The lowest BCUT2D eigenvalue weighted by Gasteiger charge is -2.34. The van der Waals surface area contributed by atoms with E-state index in [0.29, 0.717) is 17.3 Å². The van der Waals surface area contributed by atoms with E-state index >= 15 is 0 Å². The summed E-state index contributed by atoms with van der Waals surface area (Å²) in [5, 5.41) is 3.92. The molecule has 1 aromatic carbocycles. The highest BCUT2D eigenvalue weighted by molar-refractivity contribution is 7.90. The molecule has 1 aromatic heterocycles. The van der Waals surface area contributed by atoms with Crippen molar-refractivity contribution in [2.24, 2.45) is 5.73 Å². The fourth-order valence-electron chi connectivity index (χ4n) is 2.18. The van der Waals surface area contributed by atoms with Gasteiger partial charge in [-0.25, -0.2) is 8.42 Å². The average molecular weight is 293 g/mol. The topological polar surface area (TPSA) is 99.1 Å². The van der Waals surface area contributed by atoms with Crippen molar-refractivity contribution < 1.29 is 12.9 Å². The highest BCUT2D eigenvalue weighted by Crippen LogP contribution is 2.37. The summed E-state index contributed by atoms with van der Waals surface area (Å²) >= 11 is 0. The van der Waals surface area contributed by atoms with Crippen LogP contribution in [0, 0.1) is 0 Å². The largest absolute Gasteiger partial charge is 0.334 e. The first-order chi connectivity index (χ1) is 9.38. The van der Waals surface area contributed by atoms with Crippen LogP contribution in [0.1, 0.15) is 25.1 Å². The number of hydrogen-bond donors (Lipinski definition) is 1. The molecular weight excluding hydrogens is 278 g/mol. The van der Waals surface area contributed by atoms with E-state index < -0.39 is 15.4 Å². The van der Waals surface area contributed by atoms with E-state index in [1.54, 1.807) is 12.1 Å². The van der Waals surface area contributed by atoms with Crippen molar-refractivity contribution in [1.82, 2.24) is 10.1 Å². The van der Waals surface area contributed by atoms with Crippen LogP contribution in [0.3, 0.4) is 0 Å². The van der Waals surface area contributed by atoms with Crippen molar-refractivity contribution in [3.63, 3.8) is 0 Å². The van der Waals surface area contributed by atoms with Gasteiger partial charge in [-0.1, -0.05) is 11.2 Å². The third kappa shape index (κ3) is 2.23. The molecule has 0 atom stereocenters. The first-order valence-electron chi connectivity index (χ1n) is 6.32. The second-order valence-corrected chi connectivity index (χ2v) is 7.25. The lowest BCUT2D eigenvalue weighted by atomic mass is 9.77. The van der Waals surface area contributed by atoms with E-state index in [0.717, 1.165) is 25.5 Å². The Hall–Kier alpha value is -1.73. The fraction of sp³-hybridized carbons (Fsp3) is 0.385. The van der Waals surface area contributed by atoms with Gasteiger partial charge in [-0.05, 0) is 37.5 Å². The van der Waals surface area contributed by atoms with Crippen molar-refractivity contribution in [3.8, 4) is 11.5 Å². The van der Waals surface area contributed by atoms with Crippen molar-refractivity contribution >= 4 is 9.84 Å². The number of aromatic nitrogens is 2. The molecule has 1 saturated carbocycles. The molecule has 0 unspecified atom stereocenters. The fourth-order valence-corrected chi connectivity index (χ4v) is 2.85. The maximum Gasteiger partial charge on any atom is 0.258 e. The van der Waals surface area contributed by atoms with E-state index in [-0.39, 0.29) is 4.90 Å². The molecule has 1 fully saturated rings. The molecule has 1 aliphatic carbocycles. The second-order valence-electron chi connectivity index (χ2n) is 5.23. The zero-order valence-electron chi connectivity index (χ0n) is 11.0. The van der Waals surface area contributed by atoms with Crippen molar-refractivity contribution in [2.75, 3.05) is 6.26 Å². The van der Waals surface area contributed by atoms with Gasteiger partial charge in [-0.15, -0.1) is 0 Å². The molecule has 2 N–H and O–H groups in total. The van der Waals surface area contributed by atoms with Crippen LogP contribution in [-0.4, -0.2) is 24.8 Å².